The van der Waals surface area contributed by atoms with Gasteiger partial charge in [0.1, 0.15) is 5.75 Å². The molecule has 1 aromatic carbocycles. The molecule has 2 rings (SSSR count). The number of fused-ring (bicyclic) bond motifs is 1. The Balaban J connectivity index is 2.79. The number of pyridine rings is 1. The molecule has 14 heavy (non-hydrogen) atoms. The van der Waals surface area contributed by atoms with Crippen LogP contribution in [0.1, 0.15) is 11.3 Å². The summed E-state index contributed by atoms with van der Waals surface area (Å²) < 4.78 is 5.27. The van der Waals surface area contributed by atoms with Gasteiger partial charge in [-0.05, 0) is 43.0 Å². The Bertz CT molecular complexity index is 477. The number of rotatable bonds is 1. The second-order valence-electron chi connectivity index (χ2n) is 3.44. The van der Waals surface area contributed by atoms with E-state index in [1.54, 1.807) is 7.11 Å². The summed E-state index contributed by atoms with van der Waals surface area (Å²) >= 11 is 0. The van der Waals surface area contributed by atoms with Crippen LogP contribution in [0.15, 0.2) is 24.4 Å². The Morgan fingerprint density at radius 1 is 1.21 bits per heavy atom. The van der Waals surface area contributed by atoms with E-state index in [-0.39, 0.29) is 0 Å². The molecule has 72 valence electrons. The Morgan fingerprint density at radius 3 is 2.71 bits per heavy atom. The zero-order valence-electron chi connectivity index (χ0n) is 8.66. The highest BCUT2D eigenvalue weighted by atomic mass is 16.5. The van der Waals surface area contributed by atoms with Crippen molar-refractivity contribution in [3.63, 3.8) is 0 Å². The summed E-state index contributed by atoms with van der Waals surface area (Å²) in [6, 6.07) is 6.18. The molecule has 0 amide bonds. The molecule has 0 spiro atoms. The van der Waals surface area contributed by atoms with E-state index in [1.807, 2.05) is 26.1 Å². The van der Waals surface area contributed by atoms with Crippen molar-refractivity contribution >= 4 is 10.8 Å². The summed E-state index contributed by atoms with van der Waals surface area (Å²) in [5.74, 6) is 0.933. The van der Waals surface area contributed by atoms with Crippen LogP contribution in [0, 0.1) is 13.8 Å². The molecule has 2 nitrogen and oxygen atoms in total. The molecule has 0 aliphatic heterocycles. The maximum atomic E-state index is 5.27. The number of hydrogen-bond acceptors (Lipinski definition) is 2. The van der Waals surface area contributed by atoms with Crippen molar-refractivity contribution in [1.82, 2.24) is 4.98 Å². The van der Waals surface area contributed by atoms with Crippen molar-refractivity contribution in [1.29, 1.82) is 0 Å². The van der Waals surface area contributed by atoms with E-state index in [9.17, 15) is 0 Å². The lowest BCUT2D eigenvalue weighted by Crippen LogP contribution is -1.89. The third kappa shape index (κ3) is 1.33. The molecule has 0 saturated heterocycles. The Kier molecular flexibility index (Phi) is 2.12. The molecule has 2 aromatic rings. The standard InChI is InChI=1S/C12H13NO/c1-8-6-11-9(2)13-5-4-10(11)7-12(8)14-3/h4-7H,1-3H3. The quantitative estimate of drug-likeness (QED) is 0.684. The fraction of sp³-hybridized carbons (Fsp3) is 0.250. The van der Waals surface area contributed by atoms with Gasteiger partial charge in [0.15, 0.2) is 0 Å². The van der Waals surface area contributed by atoms with Crippen LogP contribution in [0.3, 0.4) is 0 Å². The highest BCUT2D eigenvalue weighted by Crippen LogP contribution is 2.26. The minimum absolute atomic E-state index is 0.933. The second-order valence-corrected chi connectivity index (χ2v) is 3.44. The van der Waals surface area contributed by atoms with E-state index >= 15 is 0 Å². The number of aromatic nitrogens is 1. The second kappa shape index (κ2) is 3.29. The van der Waals surface area contributed by atoms with Gasteiger partial charge in [0.2, 0.25) is 0 Å². The molecule has 0 bridgehead atoms. The van der Waals surface area contributed by atoms with Crippen LogP contribution in [-0.4, -0.2) is 12.1 Å². The lowest BCUT2D eigenvalue weighted by molar-refractivity contribution is 0.412. The van der Waals surface area contributed by atoms with Crippen molar-refractivity contribution in [2.24, 2.45) is 0 Å². The van der Waals surface area contributed by atoms with Gasteiger partial charge in [-0.15, -0.1) is 0 Å². The van der Waals surface area contributed by atoms with Gasteiger partial charge >= 0.3 is 0 Å². The highest BCUT2D eigenvalue weighted by Gasteiger charge is 2.03. The number of aryl methyl sites for hydroxylation is 2. The van der Waals surface area contributed by atoms with Crippen LogP contribution in [0.4, 0.5) is 0 Å². The van der Waals surface area contributed by atoms with E-state index < -0.39 is 0 Å². The minimum Gasteiger partial charge on any atom is -0.496 e. The highest BCUT2D eigenvalue weighted by molar-refractivity contribution is 5.86. The molecule has 0 radical (unpaired) electrons. The predicted octanol–water partition coefficient (Wildman–Crippen LogP) is 2.86. The third-order valence-corrected chi connectivity index (χ3v) is 2.48. The molecule has 0 fully saturated rings. The van der Waals surface area contributed by atoms with Crippen LogP contribution in [0.2, 0.25) is 0 Å². The summed E-state index contributed by atoms with van der Waals surface area (Å²) in [5, 5.41) is 2.38. The molecule has 1 heterocycles. The van der Waals surface area contributed by atoms with Gasteiger partial charge in [0, 0.05) is 17.3 Å². The summed E-state index contributed by atoms with van der Waals surface area (Å²) in [4.78, 5) is 4.26. The van der Waals surface area contributed by atoms with Crippen LogP contribution in [0.25, 0.3) is 10.8 Å². The minimum atomic E-state index is 0.933. The number of benzene rings is 1. The molecular weight excluding hydrogens is 174 g/mol. The average Bonchev–Trinajstić information content (AvgIpc) is 2.19. The fourth-order valence-corrected chi connectivity index (χ4v) is 1.67. The molecule has 0 unspecified atom stereocenters. The van der Waals surface area contributed by atoms with Gasteiger partial charge < -0.3 is 4.74 Å². The van der Waals surface area contributed by atoms with Gasteiger partial charge in [0.05, 0.1) is 7.11 Å². The first-order valence-electron chi connectivity index (χ1n) is 4.62. The lowest BCUT2D eigenvalue weighted by atomic mass is 10.1. The Hall–Kier alpha value is -1.57. The molecule has 1 aromatic heterocycles. The fourth-order valence-electron chi connectivity index (χ4n) is 1.67. The molecule has 0 aliphatic carbocycles. The van der Waals surface area contributed by atoms with Crippen LogP contribution in [0.5, 0.6) is 5.75 Å². The van der Waals surface area contributed by atoms with Gasteiger partial charge in [0.25, 0.3) is 0 Å². The van der Waals surface area contributed by atoms with Crippen LogP contribution in [-0.2, 0) is 0 Å². The van der Waals surface area contributed by atoms with Gasteiger partial charge in [-0.2, -0.15) is 0 Å². The number of hydrogen-bond donors (Lipinski definition) is 0. The Morgan fingerprint density at radius 2 is 2.00 bits per heavy atom. The van der Waals surface area contributed by atoms with Crippen LogP contribution < -0.4 is 4.74 Å². The largest absolute Gasteiger partial charge is 0.496 e. The molecular formula is C12H13NO. The van der Waals surface area contributed by atoms with E-state index in [0.717, 1.165) is 17.0 Å². The zero-order valence-corrected chi connectivity index (χ0v) is 8.66. The van der Waals surface area contributed by atoms with Gasteiger partial charge in [-0.25, -0.2) is 0 Å². The third-order valence-electron chi connectivity index (χ3n) is 2.48. The first kappa shape index (κ1) is 9.00. The summed E-state index contributed by atoms with van der Waals surface area (Å²) in [6.45, 7) is 4.07. The van der Waals surface area contributed by atoms with Crippen LogP contribution >= 0.6 is 0 Å². The normalized spacial score (nSPS) is 10.5. The number of ether oxygens (including phenoxy) is 1. The van der Waals surface area contributed by atoms with E-state index in [1.165, 1.54) is 10.8 Å². The molecule has 0 saturated carbocycles. The van der Waals surface area contributed by atoms with E-state index in [4.69, 9.17) is 4.74 Å². The molecule has 0 atom stereocenters. The maximum Gasteiger partial charge on any atom is 0.122 e. The van der Waals surface area contributed by atoms with Gasteiger partial charge in [-0.3, -0.25) is 4.98 Å². The Labute approximate surface area is 83.5 Å². The SMILES string of the molecule is COc1cc2ccnc(C)c2cc1C. The average molecular weight is 187 g/mol. The van der Waals surface area contributed by atoms with Crippen molar-refractivity contribution in [3.8, 4) is 5.75 Å². The van der Waals surface area contributed by atoms with Crippen molar-refractivity contribution in [3.05, 3.63) is 35.7 Å². The number of methoxy groups -OCH3 is 1. The number of nitrogens with zero attached hydrogens (tertiary/aromatic N) is 1. The zero-order chi connectivity index (χ0) is 10.1. The van der Waals surface area contributed by atoms with Crippen molar-refractivity contribution in [2.75, 3.05) is 7.11 Å². The first-order chi connectivity index (χ1) is 6.72. The first-order valence-corrected chi connectivity index (χ1v) is 4.62. The predicted molar refractivity (Wildman–Crippen MR) is 57.8 cm³/mol. The van der Waals surface area contributed by atoms with E-state index in [0.29, 0.717) is 0 Å². The summed E-state index contributed by atoms with van der Waals surface area (Å²) in [5.41, 5.74) is 2.21. The summed E-state index contributed by atoms with van der Waals surface area (Å²) in [7, 11) is 1.70. The smallest absolute Gasteiger partial charge is 0.122 e. The monoisotopic (exact) mass is 187 g/mol. The topological polar surface area (TPSA) is 22.1 Å². The molecule has 0 N–H and O–H groups in total. The lowest BCUT2D eigenvalue weighted by Gasteiger charge is -2.07. The molecule has 0 aliphatic rings. The van der Waals surface area contributed by atoms with Gasteiger partial charge in [-0.1, -0.05) is 0 Å². The summed E-state index contributed by atoms with van der Waals surface area (Å²) in [6.07, 6.45) is 1.83. The maximum absolute atomic E-state index is 5.27. The van der Waals surface area contributed by atoms with Crippen molar-refractivity contribution in [2.45, 2.75) is 13.8 Å². The van der Waals surface area contributed by atoms with E-state index in [2.05, 4.69) is 17.1 Å². The van der Waals surface area contributed by atoms with Crippen molar-refractivity contribution < 1.29 is 4.74 Å². The molecule has 2 heteroatoms.